The van der Waals surface area contributed by atoms with Gasteiger partial charge in [0.1, 0.15) is 5.69 Å². The number of likely N-dealkylation sites (N-methyl/N-ethyl adjacent to an activating group) is 1. The highest BCUT2D eigenvalue weighted by molar-refractivity contribution is 14.0. The lowest BCUT2D eigenvalue weighted by molar-refractivity contribution is 0.262. The lowest BCUT2D eigenvalue weighted by atomic mass is 10.1. The predicted molar refractivity (Wildman–Crippen MR) is 85.4 cm³/mol. The van der Waals surface area contributed by atoms with Gasteiger partial charge in [-0.1, -0.05) is 19.9 Å². The lowest BCUT2D eigenvalue weighted by Crippen LogP contribution is -2.16. The second-order valence-electron chi connectivity index (χ2n) is 4.57. The molecule has 1 aromatic heterocycles. The fourth-order valence-corrected chi connectivity index (χ4v) is 2.08. The first-order valence-electron chi connectivity index (χ1n) is 5.70. The standard InChI is InChI=1S/C12H17N3OS.HI/c1-9(2)8-16-12-11(13-17-14-12)10-5-4-6-15(3)7-10;/h4-6,9H,7-8H2,1-3H3;1H. The van der Waals surface area contributed by atoms with Crippen LogP contribution in [0.15, 0.2) is 18.4 Å². The fraction of sp³-hybridized carbons (Fsp3) is 0.500. The topological polar surface area (TPSA) is 38.3 Å². The Morgan fingerprint density at radius 1 is 1.44 bits per heavy atom. The van der Waals surface area contributed by atoms with Crippen LogP contribution in [0.5, 0.6) is 5.88 Å². The van der Waals surface area contributed by atoms with Gasteiger partial charge in [-0.2, -0.15) is 4.37 Å². The summed E-state index contributed by atoms with van der Waals surface area (Å²) in [6.45, 7) is 5.77. The molecule has 0 aliphatic carbocycles. The molecule has 0 saturated heterocycles. The average molecular weight is 379 g/mol. The summed E-state index contributed by atoms with van der Waals surface area (Å²) >= 11 is 1.20. The normalized spacial score (nSPS) is 14.4. The smallest absolute Gasteiger partial charge is 0.253 e. The average Bonchev–Trinajstić information content (AvgIpc) is 2.74. The Kier molecular flexibility index (Phi) is 6.07. The first-order valence-corrected chi connectivity index (χ1v) is 6.43. The van der Waals surface area contributed by atoms with Crippen LogP contribution in [0.4, 0.5) is 0 Å². The van der Waals surface area contributed by atoms with E-state index >= 15 is 0 Å². The molecule has 0 saturated carbocycles. The molecular formula is C12H18IN3OS. The maximum atomic E-state index is 5.68. The number of hydrogen-bond donors (Lipinski definition) is 0. The van der Waals surface area contributed by atoms with Crippen LogP contribution in [-0.2, 0) is 0 Å². The van der Waals surface area contributed by atoms with E-state index in [1.165, 1.54) is 11.7 Å². The van der Waals surface area contributed by atoms with Crippen molar-refractivity contribution in [3.8, 4) is 5.88 Å². The zero-order chi connectivity index (χ0) is 12.3. The van der Waals surface area contributed by atoms with Crippen LogP contribution in [0.2, 0.25) is 0 Å². The number of aromatic nitrogens is 2. The summed E-state index contributed by atoms with van der Waals surface area (Å²) in [7, 11) is 2.04. The van der Waals surface area contributed by atoms with E-state index < -0.39 is 0 Å². The summed E-state index contributed by atoms with van der Waals surface area (Å²) in [5, 5.41) is 0. The van der Waals surface area contributed by atoms with Gasteiger partial charge in [0.05, 0.1) is 18.3 Å². The van der Waals surface area contributed by atoms with Gasteiger partial charge < -0.3 is 9.64 Å². The molecule has 0 radical (unpaired) electrons. The van der Waals surface area contributed by atoms with Gasteiger partial charge in [-0.15, -0.1) is 28.4 Å². The van der Waals surface area contributed by atoms with Crippen molar-refractivity contribution < 1.29 is 4.74 Å². The number of rotatable bonds is 4. The number of halogens is 1. The highest BCUT2D eigenvalue weighted by Gasteiger charge is 2.16. The SMILES string of the molecule is CC(C)COc1nsnc1C1=CC=CN(C)C1.I. The second-order valence-corrected chi connectivity index (χ2v) is 5.10. The molecule has 0 aromatic carbocycles. The number of allylic oxidation sites excluding steroid dienone is 2. The molecule has 2 heterocycles. The van der Waals surface area contributed by atoms with E-state index in [1.807, 2.05) is 19.3 Å². The quantitative estimate of drug-likeness (QED) is 0.754. The van der Waals surface area contributed by atoms with E-state index in [1.54, 1.807) is 0 Å². The molecule has 0 atom stereocenters. The highest BCUT2D eigenvalue weighted by Crippen LogP contribution is 2.26. The van der Waals surface area contributed by atoms with Crippen LogP contribution in [0, 0.1) is 5.92 Å². The van der Waals surface area contributed by atoms with Crippen molar-refractivity contribution in [2.45, 2.75) is 13.8 Å². The monoisotopic (exact) mass is 379 g/mol. The van der Waals surface area contributed by atoms with Gasteiger partial charge in [0.15, 0.2) is 0 Å². The largest absolute Gasteiger partial charge is 0.475 e. The van der Waals surface area contributed by atoms with Gasteiger partial charge in [-0.3, -0.25) is 0 Å². The molecule has 0 fully saturated rings. The van der Waals surface area contributed by atoms with Crippen molar-refractivity contribution in [2.75, 3.05) is 20.2 Å². The van der Waals surface area contributed by atoms with Gasteiger partial charge in [-0.25, -0.2) is 0 Å². The van der Waals surface area contributed by atoms with Crippen molar-refractivity contribution in [1.82, 2.24) is 13.6 Å². The van der Waals surface area contributed by atoms with Crippen LogP contribution in [0.1, 0.15) is 19.5 Å². The zero-order valence-electron chi connectivity index (χ0n) is 10.8. The first kappa shape index (κ1) is 15.4. The van der Waals surface area contributed by atoms with Crippen molar-refractivity contribution in [1.29, 1.82) is 0 Å². The summed E-state index contributed by atoms with van der Waals surface area (Å²) in [4.78, 5) is 2.11. The molecule has 1 aromatic rings. The second kappa shape index (κ2) is 7.08. The summed E-state index contributed by atoms with van der Waals surface area (Å²) in [6, 6.07) is 0. The predicted octanol–water partition coefficient (Wildman–Crippen LogP) is 3.03. The van der Waals surface area contributed by atoms with Crippen LogP contribution >= 0.6 is 35.7 Å². The summed E-state index contributed by atoms with van der Waals surface area (Å²) in [6.07, 6.45) is 6.13. The van der Waals surface area contributed by atoms with E-state index in [4.69, 9.17) is 4.74 Å². The molecule has 100 valence electrons. The molecule has 0 bridgehead atoms. The van der Waals surface area contributed by atoms with Crippen molar-refractivity contribution >= 4 is 41.3 Å². The number of nitrogens with zero attached hydrogens (tertiary/aromatic N) is 3. The molecule has 6 heteroatoms. The maximum absolute atomic E-state index is 5.68. The van der Waals surface area contributed by atoms with Crippen molar-refractivity contribution in [3.05, 3.63) is 24.0 Å². The molecule has 4 nitrogen and oxygen atoms in total. The minimum absolute atomic E-state index is 0. The summed E-state index contributed by atoms with van der Waals surface area (Å²) in [5.74, 6) is 1.16. The number of ether oxygens (including phenoxy) is 1. The van der Waals surface area contributed by atoms with E-state index in [9.17, 15) is 0 Å². The molecule has 1 aliphatic rings. The third-order valence-corrected chi connectivity index (χ3v) is 2.89. The van der Waals surface area contributed by atoms with Crippen LogP contribution < -0.4 is 4.74 Å². The Balaban J connectivity index is 0.00000162. The molecule has 0 amide bonds. The van der Waals surface area contributed by atoms with Crippen molar-refractivity contribution in [2.24, 2.45) is 5.92 Å². The fourth-order valence-electron chi connectivity index (χ4n) is 1.55. The van der Waals surface area contributed by atoms with Crippen LogP contribution in [0.25, 0.3) is 5.57 Å². The molecule has 1 aliphatic heterocycles. The van der Waals surface area contributed by atoms with Crippen LogP contribution in [0.3, 0.4) is 0 Å². The van der Waals surface area contributed by atoms with Gasteiger partial charge in [0.2, 0.25) is 0 Å². The van der Waals surface area contributed by atoms with E-state index in [-0.39, 0.29) is 24.0 Å². The molecule has 0 unspecified atom stereocenters. The minimum Gasteiger partial charge on any atom is -0.475 e. The van der Waals surface area contributed by atoms with E-state index in [0.29, 0.717) is 18.4 Å². The molecule has 2 rings (SSSR count). The Labute approximate surface area is 129 Å². The highest BCUT2D eigenvalue weighted by atomic mass is 127. The lowest BCUT2D eigenvalue weighted by Gasteiger charge is -2.19. The van der Waals surface area contributed by atoms with E-state index in [0.717, 1.165) is 17.8 Å². The zero-order valence-corrected chi connectivity index (χ0v) is 13.9. The van der Waals surface area contributed by atoms with Gasteiger partial charge in [0.25, 0.3) is 5.88 Å². The summed E-state index contributed by atoms with van der Waals surface area (Å²) in [5.41, 5.74) is 2.04. The number of hydrogen-bond acceptors (Lipinski definition) is 5. The van der Waals surface area contributed by atoms with E-state index in [2.05, 4.69) is 33.6 Å². The van der Waals surface area contributed by atoms with Crippen molar-refractivity contribution in [3.63, 3.8) is 0 Å². The third-order valence-electron chi connectivity index (χ3n) is 2.37. The minimum atomic E-state index is 0. The first-order chi connectivity index (χ1) is 8.16. The van der Waals surface area contributed by atoms with Gasteiger partial charge >= 0.3 is 0 Å². The summed E-state index contributed by atoms with van der Waals surface area (Å²) < 4.78 is 14.2. The maximum Gasteiger partial charge on any atom is 0.253 e. The Bertz CT molecular complexity index is 442. The van der Waals surface area contributed by atoms with Gasteiger partial charge in [-0.05, 0) is 18.2 Å². The molecule has 0 spiro atoms. The Hall–Kier alpha value is -0.630. The van der Waals surface area contributed by atoms with Gasteiger partial charge in [0, 0.05) is 19.2 Å². The third kappa shape index (κ3) is 3.94. The Morgan fingerprint density at radius 3 is 2.89 bits per heavy atom. The molecule has 0 N–H and O–H groups in total. The Morgan fingerprint density at radius 2 is 2.22 bits per heavy atom. The van der Waals surface area contributed by atoms with Crippen LogP contribution in [-0.4, -0.2) is 33.8 Å². The molecular weight excluding hydrogens is 361 g/mol. The molecule has 18 heavy (non-hydrogen) atoms.